The maximum atomic E-state index is 12.8. The number of carbonyl (C=O) groups is 1. The highest BCUT2D eigenvalue weighted by atomic mass is 32.2. The molecule has 5 nitrogen and oxygen atoms in total. The van der Waals surface area contributed by atoms with Crippen molar-refractivity contribution in [1.29, 1.82) is 0 Å². The Labute approximate surface area is 139 Å². The lowest BCUT2D eigenvalue weighted by molar-refractivity contribution is -0.133. The van der Waals surface area contributed by atoms with Crippen LogP contribution in [0.25, 0.3) is 0 Å². The van der Waals surface area contributed by atoms with Gasteiger partial charge < -0.3 is 4.90 Å². The van der Waals surface area contributed by atoms with Gasteiger partial charge in [0.05, 0.1) is 11.9 Å². The van der Waals surface area contributed by atoms with Crippen LogP contribution < -0.4 is 4.31 Å². The highest BCUT2D eigenvalue weighted by Crippen LogP contribution is 2.25. The second-order valence-electron chi connectivity index (χ2n) is 6.31. The standard InChI is InChI=1S/C17H26N2O3S/c1-14(17(20)18(2)15-10-6-4-7-11-15)19(23(3,21)22)16-12-8-5-9-13-16/h5,8-9,12-15H,4,6-7,10-11H2,1-3H3. The molecule has 1 unspecified atom stereocenters. The smallest absolute Gasteiger partial charge is 0.246 e. The summed E-state index contributed by atoms with van der Waals surface area (Å²) in [5.41, 5.74) is 0.521. The van der Waals surface area contributed by atoms with Crippen LogP contribution in [0.2, 0.25) is 0 Å². The van der Waals surface area contributed by atoms with Crippen molar-refractivity contribution in [2.75, 3.05) is 17.6 Å². The monoisotopic (exact) mass is 338 g/mol. The Morgan fingerprint density at radius 2 is 1.70 bits per heavy atom. The Morgan fingerprint density at radius 1 is 1.13 bits per heavy atom. The molecule has 1 aliphatic carbocycles. The number of hydrogen-bond donors (Lipinski definition) is 0. The summed E-state index contributed by atoms with van der Waals surface area (Å²) >= 11 is 0. The van der Waals surface area contributed by atoms with E-state index in [2.05, 4.69) is 0 Å². The van der Waals surface area contributed by atoms with E-state index in [0.717, 1.165) is 31.9 Å². The lowest BCUT2D eigenvalue weighted by atomic mass is 9.94. The number of nitrogens with zero attached hydrogens (tertiary/aromatic N) is 2. The average molecular weight is 338 g/mol. The van der Waals surface area contributed by atoms with Gasteiger partial charge in [-0.3, -0.25) is 9.10 Å². The predicted octanol–water partition coefficient (Wildman–Crippen LogP) is 2.63. The molecule has 0 N–H and O–H groups in total. The van der Waals surface area contributed by atoms with Crippen LogP contribution in [0.15, 0.2) is 30.3 Å². The molecule has 0 aromatic heterocycles. The first kappa shape index (κ1) is 17.8. The first-order valence-electron chi connectivity index (χ1n) is 8.13. The van der Waals surface area contributed by atoms with Crippen molar-refractivity contribution < 1.29 is 13.2 Å². The highest BCUT2D eigenvalue weighted by Gasteiger charge is 2.33. The third-order valence-corrected chi connectivity index (χ3v) is 5.79. The molecule has 0 heterocycles. The summed E-state index contributed by atoms with van der Waals surface area (Å²) < 4.78 is 25.7. The zero-order chi connectivity index (χ0) is 17.0. The van der Waals surface area contributed by atoms with Crippen LogP contribution in [0.5, 0.6) is 0 Å². The number of rotatable bonds is 5. The van der Waals surface area contributed by atoms with Gasteiger partial charge in [0.25, 0.3) is 0 Å². The zero-order valence-electron chi connectivity index (χ0n) is 14.1. The normalized spacial score (nSPS) is 17.5. The number of carbonyl (C=O) groups excluding carboxylic acids is 1. The lowest BCUT2D eigenvalue weighted by Gasteiger charge is -2.36. The second kappa shape index (κ2) is 7.34. The van der Waals surface area contributed by atoms with Crippen LogP contribution in [-0.4, -0.2) is 44.6 Å². The van der Waals surface area contributed by atoms with E-state index >= 15 is 0 Å². The summed E-state index contributed by atoms with van der Waals surface area (Å²) in [4.78, 5) is 14.6. The van der Waals surface area contributed by atoms with E-state index in [9.17, 15) is 13.2 Å². The molecule has 0 radical (unpaired) electrons. The first-order valence-corrected chi connectivity index (χ1v) is 9.98. The minimum atomic E-state index is -3.54. The molecule has 0 bridgehead atoms. The molecule has 23 heavy (non-hydrogen) atoms. The van der Waals surface area contributed by atoms with Crippen LogP contribution in [0, 0.1) is 0 Å². The van der Waals surface area contributed by atoms with Crippen LogP contribution in [0.3, 0.4) is 0 Å². The van der Waals surface area contributed by atoms with Gasteiger partial charge in [-0.05, 0) is 31.9 Å². The Balaban J connectivity index is 2.23. The van der Waals surface area contributed by atoms with Crippen molar-refractivity contribution in [3.05, 3.63) is 30.3 Å². The molecular formula is C17H26N2O3S. The van der Waals surface area contributed by atoms with E-state index in [1.807, 2.05) is 6.07 Å². The van der Waals surface area contributed by atoms with Gasteiger partial charge in [-0.2, -0.15) is 0 Å². The SMILES string of the molecule is CC(C(=O)N(C)C1CCCCC1)N(c1ccccc1)S(C)(=O)=O. The van der Waals surface area contributed by atoms with Crippen molar-refractivity contribution >= 4 is 21.6 Å². The number of sulfonamides is 1. The number of benzene rings is 1. The quantitative estimate of drug-likeness (QED) is 0.829. The molecule has 6 heteroatoms. The van der Waals surface area contributed by atoms with Crippen LogP contribution in [0.4, 0.5) is 5.69 Å². The highest BCUT2D eigenvalue weighted by molar-refractivity contribution is 7.92. The van der Waals surface area contributed by atoms with Crippen molar-refractivity contribution in [2.24, 2.45) is 0 Å². The fourth-order valence-electron chi connectivity index (χ4n) is 3.32. The maximum Gasteiger partial charge on any atom is 0.246 e. The van der Waals surface area contributed by atoms with Gasteiger partial charge in [0.2, 0.25) is 15.9 Å². The summed E-state index contributed by atoms with van der Waals surface area (Å²) in [5, 5.41) is 0. The molecule has 1 amide bonds. The molecule has 0 saturated heterocycles. The third kappa shape index (κ3) is 4.25. The van der Waals surface area contributed by atoms with E-state index in [1.54, 1.807) is 43.1 Å². The van der Waals surface area contributed by atoms with E-state index < -0.39 is 16.1 Å². The molecule has 1 fully saturated rings. The number of anilines is 1. The molecular weight excluding hydrogens is 312 g/mol. The summed E-state index contributed by atoms with van der Waals surface area (Å²) in [6.07, 6.45) is 6.62. The Hall–Kier alpha value is -1.56. The van der Waals surface area contributed by atoms with E-state index in [0.29, 0.717) is 5.69 Å². The van der Waals surface area contributed by atoms with Gasteiger partial charge in [-0.1, -0.05) is 37.5 Å². The van der Waals surface area contributed by atoms with Crippen LogP contribution in [0.1, 0.15) is 39.0 Å². The minimum Gasteiger partial charge on any atom is -0.341 e. The fraction of sp³-hybridized carbons (Fsp3) is 0.588. The molecule has 128 valence electrons. The predicted molar refractivity (Wildman–Crippen MR) is 92.9 cm³/mol. The maximum absolute atomic E-state index is 12.8. The van der Waals surface area contributed by atoms with E-state index in [-0.39, 0.29) is 11.9 Å². The summed E-state index contributed by atoms with van der Waals surface area (Å²) in [7, 11) is -1.75. The number of likely N-dealkylation sites (N-methyl/N-ethyl adjacent to an activating group) is 1. The van der Waals surface area contributed by atoms with Crippen molar-refractivity contribution in [3.8, 4) is 0 Å². The first-order chi connectivity index (χ1) is 10.8. The van der Waals surface area contributed by atoms with Crippen LogP contribution >= 0.6 is 0 Å². The Morgan fingerprint density at radius 3 is 2.22 bits per heavy atom. The molecule has 1 aromatic rings. The number of hydrogen-bond acceptors (Lipinski definition) is 3. The van der Waals surface area contributed by atoms with Gasteiger partial charge in [-0.25, -0.2) is 8.42 Å². The second-order valence-corrected chi connectivity index (χ2v) is 8.17. The Kier molecular flexibility index (Phi) is 5.68. The van der Waals surface area contributed by atoms with Gasteiger partial charge in [0.1, 0.15) is 6.04 Å². The van der Waals surface area contributed by atoms with Gasteiger partial charge in [0.15, 0.2) is 0 Å². The summed E-state index contributed by atoms with van der Waals surface area (Å²) in [5.74, 6) is -0.147. The molecule has 1 saturated carbocycles. The topological polar surface area (TPSA) is 57.7 Å². The van der Waals surface area contributed by atoms with Crippen molar-refractivity contribution in [1.82, 2.24) is 4.90 Å². The molecule has 1 aromatic carbocycles. The van der Waals surface area contributed by atoms with E-state index in [1.165, 1.54) is 10.7 Å². The molecule has 2 rings (SSSR count). The van der Waals surface area contributed by atoms with E-state index in [4.69, 9.17) is 0 Å². The van der Waals surface area contributed by atoms with Crippen LogP contribution in [-0.2, 0) is 14.8 Å². The molecule has 1 atom stereocenters. The zero-order valence-corrected chi connectivity index (χ0v) is 14.9. The van der Waals surface area contributed by atoms with Crippen molar-refractivity contribution in [2.45, 2.75) is 51.1 Å². The Bertz CT molecular complexity index is 624. The summed E-state index contributed by atoms with van der Waals surface area (Å²) in [6.45, 7) is 1.66. The average Bonchev–Trinajstić information content (AvgIpc) is 2.54. The van der Waals surface area contributed by atoms with Gasteiger partial charge >= 0.3 is 0 Å². The number of para-hydroxylation sites is 1. The lowest BCUT2D eigenvalue weighted by Crippen LogP contribution is -2.51. The largest absolute Gasteiger partial charge is 0.341 e. The fourth-order valence-corrected chi connectivity index (χ4v) is 4.49. The van der Waals surface area contributed by atoms with Gasteiger partial charge in [-0.15, -0.1) is 0 Å². The minimum absolute atomic E-state index is 0.147. The van der Waals surface area contributed by atoms with Crippen molar-refractivity contribution in [3.63, 3.8) is 0 Å². The summed E-state index contributed by atoms with van der Waals surface area (Å²) in [6, 6.07) is 8.27. The molecule has 0 aliphatic heterocycles. The third-order valence-electron chi connectivity index (χ3n) is 4.55. The number of amides is 1. The van der Waals surface area contributed by atoms with Gasteiger partial charge in [0, 0.05) is 13.1 Å². The molecule has 1 aliphatic rings. The molecule has 0 spiro atoms.